The molecule has 0 aliphatic heterocycles. The third kappa shape index (κ3) is 2.82. The minimum Gasteiger partial charge on any atom is -0.394 e. The van der Waals surface area contributed by atoms with Gasteiger partial charge in [-0.1, -0.05) is 6.92 Å². The van der Waals surface area contributed by atoms with Gasteiger partial charge in [0.1, 0.15) is 0 Å². The van der Waals surface area contributed by atoms with Crippen LogP contribution in [-0.2, 0) is 6.54 Å². The average molecular weight is 183 g/mol. The maximum absolute atomic E-state index is 9.22. The van der Waals surface area contributed by atoms with Gasteiger partial charge in [-0.25, -0.2) is 4.98 Å². The fourth-order valence-electron chi connectivity index (χ4n) is 1.37. The van der Waals surface area contributed by atoms with E-state index in [4.69, 9.17) is 0 Å². The van der Waals surface area contributed by atoms with Gasteiger partial charge in [-0.3, -0.25) is 0 Å². The van der Waals surface area contributed by atoms with Crippen molar-refractivity contribution in [3.8, 4) is 0 Å². The van der Waals surface area contributed by atoms with E-state index in [2.05, 4.69) is 10.3 Å². The van der Waals surface area contributed by atoms with Crippen LogP contribution in [0.5, 0.6) is 0 Å². The second-order valence-corrected chi connectivity index (χ2v) is 3.48. The second-order valence-electron chi connectivity index (χ2n) is 3.48. The van der Waals surface area contributed by atoms with E-state index in [-0.39, 0.29) is 12.1 Å². The molecule has 13 heavy (non-hydrogen) atoms. The van der Waals surface area contributed by atoms with Gasteiger partial charge in [0.2, 0.25) is 0 Å². The Morgan fingerprint density at radius 1 is 1.62 bits per heavy atom. The largest absolute Gasteiger partial charge is 0.394 e. The summed E-state index contributed by atoms with van der Waals surface area (Å²) in [4.78, 5) is 3.95. The van der Waals surface area contributed by atoms with Gasteiger partial charge in [-0.15, -0.1) is 0 Å². The number of nitrogens with zero attached hydrogens (tertiary/aromatic N) is 2. The second kappa shape index (κ2) is 4.39. The Bertz CT molecular complexity index is 235. The fourth-order valence-corrected chi connectivity index (χ4v) is 1.37. The first-order valence-corrected chi connectivity index (χ1v) is 4.52. The monoisotopic (exact) mass is 183 g/mol. The van der Waals surface area contributed by atoms with Crippen LogP contribution >= 0.6 is 0 Å². The lowest BCUT2D eigenvalue weighted by Gasteiger charge is -2.28. The Balaban J connectivity index is 2.58. The van der Waals surface area contributed by atoms with E-state index in [1.165, 1.54) is 0 Å². The van der Waals surface area contributed by atoms with E-state index in [0.717, 1.165) is 13.1 Å². The molecule has 0 aliphatic carbocycles. The molecule has 0 fully saturated rings. The zero-order valence-corrected chi connectivity index (χ0v) is 8.20. The third-order valence-electron chi connectivity index (χ3n) is 2.04. The van der Waals surface area contributed by atoms with Gasteiger partial charge in [0, 0.05) is 18.9 Å². The molecule has 2 N–H and O–H groups in total. The normalized spacial score (nSPS) is 15.6. The zero-order valence-electron chi connectivity index (χ0n) is 8.20. The molecule has 74 valence electrons. The molecule has 1 aromatic heterocycles. The molecule has 0 aromatic carbocycles. The SMILES string of the molecule is CCNC(C)(CO)Cn1ccnc1. The summed E-state index contributed by atoms with van der Waals surface area (Å²) in [6.07, 6.45) is 5.39. The molecule has 0 saturated heterocycles. The summed E-state index contributed by atoms with van der Waals surface area (Å²) in [6.45, 7) is 5.74. The number of hydrogen-bond donors (Lipinski definition) is 2. The van der Waals surface area contributed by atoms with Crippen LogP contribution < -0.4 is 5.32 Å². The van der Waals surface area contributed by atoms with Crippen LogP contribution in [0.15, 0.2) is 18.7 Å². The number of nitrogens with one attached hydrogen (secondary N) is 1. The van der Waals surface area contributed by atoms with E-state index in [1.807, 2.05) is 24.6 Å². The van der Waals surface area contributed by atoms with Crippen molar-refractivity contribution in [2.24, 2.45) is 0 Å². The highest BCUT2D eigenvalue weighted by atomic mass is 16.3. The van der Waals surface area contributed by atoms with Crippen LogP contribution in [0.2, 0.25) is 0 Å². The van der Waals surface area contributed by atoms with Crippen LogP contribution in [0.1, 0.15) is 13.8 Å². The number of hydrogen-bond acceptors (Lipinski definition) is 3. The Labute approximate surface area is 78.6 Å². The molecule has 1 heterocycles. The van der Waals surface area contributed by atoms with Crippen molar-refractivity contribution in [2.45, 2.75) is 25.9 Å². The highest BCUT2D eigenvalue weighted by Crippen LogP contribution is 2.05. The van der Waals surface area contributed by atoms with Gasteiger partial charge in [0.15, 0.2) is 0 Å². The molecule has 0 aliphatic rings. The molecule has 0 bridgehead atoms. The molecule has 0 saturated carbocycles. The standard InChI is InChI=1S/C9H17N3O/c1-3-11-9(2,7-13)6-12-5-4-10-8-12/h4-5,8,11,13H,3,6-7H2,1-2H3. The number of imidazole rings is 1. The minimum atomic E-state index is -0.255. The summed E-state index contributed by atoms with van der Waals surface area (Å²) < 4.78 is 1.96. The van der Waals surface area contributed by atoms with Crippen molar-refractivity contribution in [1.82, 2.24) is 14.9 Å². The van der Waals surface area contributed by atoms with Crippen molar-refractivity contribution in [1.29, 1.82) is 0 Å². The van der Waals surface area contributed by atoms with Crippen molar-refractivity contribution < 1.29 is 5.11 Å². The molecule has 1 unspecified atom stereocenters. The number of aliphatic hydroxyl groups excluding tert-OH is 1. The van der Waals surface area contributed by atoms with E-state index in [0.29, 0.717) is 0 Å². The first-order valence-electron chi connectivity index (χ1n) is 4.52. The highest BCUT2D eigenvalue weighted by Gasteiger charge is 2.21. The van der Waals surface area contributed by atoms with Crippen LogP contribution in [0.4, 0.5) is 0 Å². The number of aliphatic hydroxyl groups is 1. The van der Waals surface area contributed by atoms with Gasteiger partial charge in [0.25, 0.3) is 0 Å². The summed E-state index contributed by atoms with van der Waals surface area (Å²) in [7, 11) is 0. The van der Waals surface area contributed by atoms with E-state index >= 15 is 0 Å². The van der Waals surface area contributed by atoms with Crippen molar-refractivity contribution in [3.05, 3.63) is 18.7 Å². The quantitative estimate of drug-likeness (QED) is 0.687. The maximum Gasteiger partial charge on any atom is 0.0946 e. The number of rotatable bonds is 5. The van der Waals surface area contributed by atoms with Crippen molar-refractivity contribution in [3.63, 3.8) is 0 Å². The molecule has 0 spiro atoms. The van der Waals surface area contributed by atoms with E-state index in [9.17, 15) is 5.11 Å². The Morgan fingerprint density at radius 2 is 2.38 bits per heavy atom. The van der Waals surface area contributed by atoms with Crippen molar-refractivity contribution >= 4 is 0 Å². The number of aromatic nitrogens is 2. The topological polar surface area (TPSA) is 50.1 Å². The maximum atomic E-state index is 9.22. The predicted octanol–water partition coefficient (Wildman–Crippen LogP) is 0.244. The van der Waals surface area contributed by atoms with Gasteiger partial charge < -0.3 is 15.0 Å². The van der Waals surface area contributed by atoms with Crippen LogP contribution in [0, 0.1) is 0 Å². The molecule has 4 nitrogen and oxygen atoms in total. The van der Waals surface area contributed by atoms with Gasteiger partial charge in [-0.2, -0.15) is 0 Å². The lowest BCUT2D eigenvalue weighted by atomic mass is 10.0. The van der Waals surface area contributed by atoms with Crippen LogP contribution in [-0.4, -0.2) is 33.3 Å². The van der Waals surface area contributed by atoms with Gasteiger partial charge in [0.05, 0.1) is 18.5 Å². The smallest absolute Gasteiger partial charge is 0.0946 e. The van der Waals surface area contributed by atoms with Crippen LogP contribution in [0.3, 0.4) is 0 Å². The first kappa shape index (κ1) is 10.2. The third-order valence-corrected chi connectivity index (χ3v) is 2.04. The Hall–Kier alpha value is -0.870. The lowest BCUT2D eigenvalue weighted by Crippen LogP contribution is -2.48. The summed E-state index contributed by atoms with van der Waals surface area (Å²) in [5, 5.41) is 12.5. The zero-order chi connectivity index (χ0) is 9.73. The molecule has 1 rings (SSSR count). The minimum absolute atomic E-state index is 0.124. The molecule has 4 heteroatoms. The highest BCUT2D eigenvalue weighted by molar-refractivity contribution is 4.85. The molecular weight excluding hydrogens is 166 g/mol. The summed E-state index contributed by atoms with van der Waals surface area (Å²) in [5.41, 5.74) is -0.255. The molecule has 0 amide bonds. The Morgan fingerprint density at radius 3 is 2.85 bits per heavy atom. The lowest BCUT2D eigenvalue weighted by molar-refractivity contribution is 0.159. The summed E-state index contributed by atoms with van der Waals surface area (Å²) in [6, 6.07) is 0. The molecule has 1 atom stereocenters. The number of likely N-dealkylation sites (N-methyl/N-ethyl adjacent to an activating group) is 1. The molecular formula is C9H17N3O. The van der Waals surface area contributed by atoms with Crippen molar-refractivity contribution in [2.75, 3.05) is 13.2 Å². The summed E-state index contributed by atoms with van der Waals surface area (Å²) >= 11 is 0. The van der Waals surface area contributed by atoms with Gasteiger partial charge in [-0.05, 0) is 13.5 Å². The first-order chi connectivity index (χ1) is 6.20. The Kier molecular flexibility index (Phi) is 3.45. The average Bonchev–Trinajstić information content (AvgIpc) is 2.57. The predicted molar refractivity (Wildman–Crippen MR) is 51.4 cm³/mol. The summed E-state index contributed by atoms with van der Waals surface area (Å²) in [5.74, 6) is 0. The fraction of sp³-hybridized carbons (Fsp3) is 0.667. The molecule has 0 radical (unpaired) electrons. The van der Waals surface area contributed by atoms with Gasteiger partial charge >= 0.3 is 0 Å². The van der Waals surface area contributed by atoms with E-state index < -0.39 is 0 Å². The molecule has 1 aromatic rings. The van der Waals surface area contributed by atoms with Crippen LogP contribution in [0.25, 0.3) is 0 Å². The van der Waals surface area contributed by atoms with E-state index in [1.54, 1.807) is 12.5 Å².